The standard InChI is InChI=1S/C9H8NS2/c1-2-11-9-10-7-5-3-4-6-8(7)12-9/h3-6H,1-2H2. The van der Waals surface area contributed by atoms with E-state index in [4.69, 9.17) is 0 Å². The first-order chi connectivity index (χ1) is 5.90. The molecule has 0 aliphatic carbocycles. The highest BCUT2D eigenvalue weighted by Gasteiger charge is 2.00. The van der Waals surface area contributed by atoms with Crippen LogP contribution in [0.4, 0.5) is 0 Å². The first-order valence-electron chi connectivity index (χ1n) is 3.68. The molecule has 1 heterocycles. The van der Waals surface area contributed by atoms with Gasteiger partial charge in [0.05, 0.1) is 10.2 Å². The number of thiazole rings is 1. The topological polar surface area (TPSA) is 12.9 Å². The van der Waals surface area contributed by atoms with E-state index in [1.165, 1.54) is 4.70 Å². The van der Waals surface area contributed by atoms with Gasteiger partial charge in [0, 0.05) is 5.75 Å². The Hall–Kier alpha value is -0.540. The SMILES string of the molecule is [CH2]CSc1nc2ccccc2s1. The van der Waals surface area contributed by atoms with Crippen molar-refractivity contribution in [2.45, 2.75) is 4.34 Å². The fourth-order valence-corrected chi connectivity index (χ4v) is 2.79. The summed E-state index contributed by atoms with van der Waals surface area (Å²) in [5.74, 6) is 0.847. The van der Waals surface area contributed by atoms with Gasteiger partial charge in [-0.25, -0.2) is 4.98 Å². The molecule has 0 fully saturated rings. The van der Waals surface area contributed by atoms with Crippen LogP contribution in [0.15, 0.2) is 28.6 Å². The number of para-hydroxylation sites is 1. The molecular weight excluding hydrogens is 186 g/mol. The molecule has 61 valence electrons. The molecule has 0 bridgehead atoms. The van der Waals surface area contributed by atoms with E-state index in [1.54, 1.807) is 23.1 Å². The summed E-state index contributed by atoms with van der Waals surface area (Å²) < 4.78 is 2.37. The Morgan fingerprint density at radius 2 is 2.25 bits per heavy atom. The van der Waals surface area contributed by atoms with Crippen molar-refractivity contribution in [1.29, 1.82) is 0 Å². The van der Waals surface area contributed by atoms with Crippen LogP contribution in [0.25, 0.3) is 10.2 Å². The Morgan fingerprint density at radius 3 is 3.00 bits per heavy atom. The molecule has 0 N–H and O–H groups in total. The van der Waals surface area contributed by atoms with Gasteiger partial charge >= 0.3 is 0 Å². The molecule has 1 aromatic carbocycles. The molecule has 0 aliphatic heterocycles. The Bertz CT molecular complexity index is 348. The smallest absolute Gasteiger partial charge is 0.151 e. The highest BCUT2D eigenvalue weighted by atomic mass is 32.2. The monoisotopic (exact) mass is 194 g/mol. The van der Waals surface area contributed by atoms with Crippen molar-refractivity contribution in [3.63, 3.8) is 0 Å². The normalized spacial score (nSPS) is 10.8. The average Bonchev–Trinajstić information content (AvgIpc) is 2.47. The van der Waals surface area contributed by atoms with Gasteiger partial charge in [-0.1, -0.05) is 23.9 Å². The minimum absolute atomic E-state index is 0.847. The molecule has 1 aromatic heterocycles. The zero-order valence-electron chi connectivity index (χ0n) is 6.49. The zero-order chi connectivity index (χ0) is 8.39. The summed E-state index contributed by atoms with van der Waals surface area (Å²) >= 11 is 3.43. The number of rotatable bonds is 2. The largest absolute Gasteiger partial charge is 0.230 e. The van der Waals surface area contributed by atoms with Crippen molar-refractivity contribution < 1.29 is 0 Å². The van der Waals surface area contributed by atoms with Gasteiger partial charge in [-0.3, -0.25) is 0 Å². The minimum atomic E-state index is 0.847. The van der Waals surface area contributed by atoms with E-state index in [0.29, 0.717) is 0 Å². The van der Waals surface area contributed by atoms with Crippen molar-refractivity contribution in [2.24, 2.45) is 0 Å². The third kappa shape index (κ3) is 1.47. The average molecular weight is 194 g/mol. The highest BCUT2D eigenvalue weighted by Crippen LogP contribution is 2.28. The predicted molar refractivity (Wildman–Crippen MR) is 55.7 cm³/mol. The Labute approximate surface area is 79.8 Å². The van der Waals surface area contributed by atoms with E-state index in [-0.39, 0.29) is 0 Å². The van der Waals surface area contributed by atoms with Gasteiger partial charge in [0.25, 0.3) is 0 Å². The number of benzene rings is 1. The van der Waals surface area contributed by atoms with Gasteiger partial charge in [-0.15, -0.1) is 11.3 Å². The van der Waals surface area contributed by atoms with Crippen molar-refractivity contribution in [1.82, 2.24) is 4.98 Å². The van der Waals surface area contributed by atoms with Gasteiger partial charge in [0.15, 0.2) is 4.34 Å². The Balaban J connectivity index is 2.47. The van der Waals surface area contributed by atoms with Crippen molar-refractivity contribution in [3.05, 3.63) is 31.2 Å². The second-order valence-electron chi connectivity index (χ2n) is 2.30. The molecular formula is C9H8NS2. The molecule has 0 aliphatic rings. The van der Waals surface area contributed by atoms with Gasteiger partial charge in [0.1, 0.15) is 0 Å². The fraction of sp³-hybridized carbons (Fsp3) is 0.111. The zero-order valence-corrected chi connectivity index (χ0v) is 8.12. The maximum atomic E-state index is 4.44. The third-order valence-electron chi connectivity index (χ3n) is 1.50. The molecule has 0 saturated carbocycles. The van der Waals surface area contributed by atoms with E-state index in [0.717, 1.165) is 15.6 Å². The van der Waals surface area contributed by atoms with Gasteiger partial charge < -0.3 is 0 Å². The van der Waals surface area contributed by atoms with Gasteiger partial charge in [-0.2, -0.15) is 0 Å². The Kier molecular flexibility index (Phi) is 2.33. The lowest BCUT2D eigenvalue weighted by molar-refractivity contribution is 1.30. The minimum Gasteiger partial charge on any atom is -0.230 e. The van der Waals surface area contributed by atoms with Gasteiger partial charge in [-0.05, 0) is 19.1 Å². The van der Waals surface area contributed by atoms with Crippen molar-refractivity contribution in [2.75, 3.05) is 5.75 Å². The quantitative estimate of drug-likeness (QED) is 0.681. The molecule has 0 spiro atoms. The number of fused-ring (bicyclic) bond motifs is 1. The summed E-state index contributed by atoms with van der Waals surface area (Å²) in [6, 6.07) is 8.19. The molecule has 12 heavy (non-hydrogen) atoms. The molecule has 3 heteroatoms. The molecule has 2 aromatic rings. The first kappa shape index (κ1) is 8.08. The summed E-state index contributed by atoms with van der Waals surface area (Å²) in [5.41, 5.74) is 1.10. The van der Waals surface area contributed by atoms with E-state index in [1.807, 2.05) is 18.2 Å². The molecule has 1 nitrogen and oxygen atoms in total. The summed E-state index contributed by atoms with van der Waals surface area (Å²) in [6.45, 7) is 3.78. The second-order valence-corrected chi connectivity index (χ2v) is 4.67. The summed E-state index contributed by atoms with van der Waals surface area (Å²) in [4.78, 5) is 4.44. The van der Waals surface area contributed by atoms with Crippen LogP contribution in [-0.2, 0) is 0 Å². The molecule has 1 radical (unpaired) electrons. The number of aromatic nitrogens is 1. The van der Waals surface area contributed by atoms with Crippen molar-refractivity contribution in [3.8, 4) is 0 Å². The van der Waals surface area contributed by atoms with E-state index in [9.17, 15) is 0 Å². The van der Waals surface area contributed by atoms with Crippen LogP contribution < -0.4 is 0 Å². The predicted octanol–water partition coefficient (Wildman–Crippen LogP) is 3.22. The lowest BCUT2D eigenvalue weighted by Gasteiger charge is -1.84. The van der Waals surface area contributed by atoms with E-state index < -0.39 is 0 Å². The van der Waals surface area contributed by atoms with E-state index >= 15 is 0 Å². The molecule has 2 rings (SSSR count). The highest BCUT2D eigenvalue weighted by molar-refractivity contribution is 8.01. The third-order valence-corrected chi connectivity index (χ3v) is 3.48. The maximum Gasteiger partial charge on any atom is 0.151 e. The molecule has 0 unspecified atom stereocenters. The molecule has 0 amide bonds. The molecule has 0 saturated heterocycles. The van der Waals surface area contributed by atoms with E-state index in [2.05, 4.69) is 18.0 Å². The number of hydrogen-bond acceptors (Lipinski definition) is 3. The first-order valence-corrected chi connectivity index (χ1v) is 5.48. The maximum absolute atomic E-state index is 4.44. The van der Waals surface area contributed by atoms with Crippen LogP contribution in [0.2, 0.25) is 0 Å². The van der Waals surface area contributed by atoms with Crippen LogP contribution in [0, 0.1) is 6.92 Å². The summed E-state index contributed by atoms with van der Waals surface area (Å²) in [7, 11) is 0. The van der Waals surface area contributed by atoms with Crippen LogP contribution in [0.3, 0.4) is 0 Å². The van der Waals surface area contributed by atoms with Gasteiger partial charge in [0.2, 0.25) is 0 Å². The second kappa shape index (κ2) is 3.46. The lowest BCUT2D eigenvalue weighted by Crippen LogP contribution is -1.68. The number of hydrogen-bond donors (Lipinski definition) is 0. The summed E-state index contributed by atoms with van der Waals surface area (Å²) in [6.07, 6.45) is 0. The number of thioether (sulfide) groups is 1. The van der Waals surface area contributed by atoms with Crippen LogP contribution in [-0.4, -0.2) is 10.7 Å². The lowest BCUT2D eigenvalue weighted by atomic mass is 10.3. The molecule has 0 atom stereocenters. The number of nitrogens with zero attached hydrogens (tertiary/aromatic N) is 1. The van der Waals surface area contributed by atoms with Crippen LogP contribution in [0.1, 0.15) is 0 Å². The summed E-state index contributed by atoms with van der Waals surface area (Å²) in [5, 5.41) is 0. The van der Waals surface area contributed by atoms with Crippen molar-refractivity contribution >= 4 is 33.3 Å². The van der Waals surface area contributed by atoms with Crippen LogP contribution >= 0.6 is 23.1 Å². The Morgan fingerprint density at radius 1 is 1.42 bits per heavy atom. The fourth-order valence-electron chi connectivity index (χ4n) is 1.00. The van der Waals surface area contributed by atoms with Crippen LogP contribution in [0.5, 0.6) is 0 Å².